The molecule has 0 aliphatic carbocycles. The Labute approximate surface area is 141 Å². The third-order valence-corrected chi connectivity index (χ3v) is 3.60. The molecule has 5 nitrogen and oxygen atoms in total. The van der Waals surface area contributed by atoms with Crippen molar-refractivity contribution in [3.8, 4) is 11.4 Å². The van der Waals surface area contributed by atoms with Gasteiger partial charge in [-0.25, -0.2) is 9.78 Å². The molecule has 1 N–H and O–H groups in total. The lowest BCUT2D eigenvalue weighted by molar-refractivity contribution is -0.142. The van der Waals surface area contributed by atoms with E-state index in [0.29, 0.717) is 23.0 Å². The summed E-state index contributed by atoms with van der Waals surface area (Å²) in [6.07, 6.45) is 0.547. The predicted octanol–water partition coefficient (Wildman–Crippen LogP) is 3.49. The third-order valence-electron chi connectivity index (χ3n) is 3.60. The molecule has 0 aliphatic heterocycles. The summed E-state index contributed by atoms with van der Waals surface area (Å²) in [5.41, 5.74) is 1.04. The molecule has 3 rings (SSSR count). The Morgan fingerprint density at radius 1 is 1.28 bits per heavy atom. The van der Waals surface area contributed by atoms with Gasteiger partial charge < -0.3 is 9.94 Å². The van der Waals surface area contributed by atoms with Crippen molar-refractivity contribution in [2.24, 2.45) is 0 Å². The highest BCUT2D eigenvalue weighted by Crippen LogP contribution is 2.32. The minimum atomic E-state index is -3.22. The summed E-state index contributed by atoms with van der Waals surface area (Å²) >= 11 is 0. The second kappa shape index (κ2) is 6.35. The van der Waals surface area contributed by atoms with Crippen LogP contribution in [0, 0.1) is 0 Å². The smallest absolute Gasteiger partial charge is 0.344 e. The molecule has 0 amide bonds. The number of aromatic nitrogens is 2. The van der Waals surface area contributed by atoms with Crippen LogP contribution >= 0.6 is 0 Å². The van der Waals surface area contributed by atoms with Gasteiger partial charge in [0.15, 0.2) is 5.82 Å². The number of halogens is 2. The molecule has 0 spiro atoms. The summed E-state index contributed by atoms with van der Waals surface area (Å²) in [5, 5.41) is 8.88. The Morgan fingerprint density at radius 3 is 2.64 bits per heavy atom. The topological polar surface area (TPSA) is 64.4 Å². The fourth-order valence-corrected chi connectivity index (χ4v) is 2.40. The quantitative estimate of drug-likeness (QED) is 0.695. The number of imidazole rings is 1. The highest BCUT2D eigenvalue weighted by Gasteiger charge is 2.28. The van der Waals surface area contributed by atoms with E-state index in [9.17, 15) is 13.6 Å². The van der Waals surface area contributed by atoms with Crippen molar-refractivity contribution in [2.75, 3.05) is 6.61 Å². The molecule has 0 fully saturated rings. The number of alkyl halides is 2. The molecular weight excluding hydrogens is 330 g/mol. The number of aliphatic carboxylic acids is 1. The van der Waals surface area contributed by atoms with E-state index < -0.39 is 18.5 Å². The van der Waals surface area contributed by atoms with Gasteiger partial charge in [0.1, 0.15) is 5.52 Å². The van der Waals surface area contributed by atoms with E-state index in [0.717, 1.165) is 0 Å². The van der Waals surface area contributed by atoms with Gasteiger partial charge in [-0.1, -0.05) is 43.0 Å². The van der Waals surface area contributed by atoms with Gasteiger partial charge in [-0.2, -0.15) is 13.5 Å². The zero-order valence-electron chi connectivity index (χ0n) is 13.0. The van der Waals surface area contributed by atoms with E-state index in [2.05, 4.69) is 11.6 Å². The van der Waals surface area contributed by atoms with Crippen molar-refractivity contribution >= 4 is 17.0 Å². The largest absolute Gasteiger partial charge is 0.479 e. The number of nitrogens with zero attached hydrogens (tertiary/aromatic N) is 2. The minimum Gasteiger partial charge on any atom is -0.479 e. The monoisotopic (exact) mass is 344 g/mol. The maximum absolute atomic E-state index is 13.9. The van der Waals surface area contributed by atoms with Gasteiger partial charge in [0.05, 0.1) is 5.52 Å². The maximum atomic E-state index is 13.9. The number of hydrogen-bond acceptors (Lipinski definition) is 3. The zero-order chi connectivity index (χ0) is 18.0. The first-order valence-electron chi connectivity index (χ1n) is 7.37. The first-order chi connectivity index (χ1) is 11.9. The van der Waals surface area contributed by atoms with Gasteiger partial charge in [-0.3, -0.25) is 0 Å². The molecule has 25 heavy (non-hydrogen) atoms. The lowest BCUT2D eigenvalue weighted by atomic mass is 10.1. The molecule has 2 aromatic carbocycles. The summed E-state index contributed by atoms with van der Waals surface area (Å²) in [4.78, 5) is 20.5. The molecule has 0 saturated heterocycles. The molecule has 0 bridgehead atoms. The van der Waals surface area contributed by atoms with Crippen molar-refractivity contribution in [3.63, 3.8) is 0 Å². The van der Waals surface area contributed by atoms with Crippen LogP contribution in [0.2, 0.25) is 0 Å². The fourth-order valence-electron chi connectivity index (χ4n) is 2.40. The van der Waals surface area contributed by atoms with Crippen molar-refractivity contribution in [1.82, 2.24) is 9.71 Å². The molecule has 128 valence electrons. The van der Waals surface area contributed by atoms with Crippen molar-refractivity contribution in [2.45, 2.75) is 5.92 Å². The first-order valence-corrected chi connectivity index (χ1v) is 7.37. The van der Waals surface area contributed by atoms with Crippen LogP contribution in [0.25, 0.3) is 22.4 Å². The van der Waals surface area contributed by atoms with Crippen molar-refractivity contribution in [1.29, 1.82) is 0 Å². The van der Waals surface area contributed by atoms with Crippen LogP contribution in [0.5, 0.6) is 0 Å². The molecule has 0 atom stereocenters. The maximum Gasteiger partial charge on any atom is 0.344 e. The summed E-state index contributed by atoms with van der Waals surface area (Å²) in [6, 6.07) is 12.8. The predicted molar refractivity (Wildman–Crippen MR) is 88.3 cm³/mol. The Balaban J connectivity index is 2.20. The molecular formula is C18H14F2N2O3. The number of fused-ring (bicyclic) bond motifs is 1. The van der Waals surface area contributed by atoms with Crippen molar-refractivity contribution in [3.05, 3.63) is 66.7 Å². The van der Waals surface area contributed by atoms with E-state index in [1.807, 2.05) is 6.07 Å². The summed E-state index contributed by atoms with van der Waals surface area (Å²) in [7, 11) is 0. The van der Waals surface area contributed by atoms with E-state index in [4.69, 9.17) is 9.94 Å². The van der Waals surface area contributed by atoms with Gasteiger partial charge >= 0.3 is 5.97 Å². The van der Waals surface area contributed by atoms with Crippen LogP contribution in [-0.4, -0.2) is 27.4 Å². The summed E-state index contributed by atoms with van der Waals surface area (Å²) in [6.45, 7) is 2.51. The van der Waals surface area contributed by atoms with Crippen LogP contribution in [0.15, 0.2) is 61.2 Å². The SMILES string of the molecule is C=CC(F)(F)c1ccc2nc(-c3ccccc3)n(OCC(=O)O)c2c1. The number of carboxylic acids is 1. The van der Waals surface area contributed by atoms with Crippen LogP contribution in [0.4, 0.5) is 8.78 Å². The van der Waals surface area contributed by atoms with Gasteiger partial charge in [0.25, 0.3) is 5.92 Å². The molecule has 1 heterocycles. The zero-order valence-corrected chi connectivity index (χ0v) is 13.0. The Bertz CT molecular complexity index is 936. The number of hydrogen-bond donors (Lipinski definition) is 1. The molecule has 7 heteroatoms. The molecule has 0 unspecified atom stereocenters. The highest BCUT2D eigenvalue weighted by molar-refractivity contribution is 5.81. The molecule has 1 aromatic heterocycles. The second-order valence-corrected chi connectivity index (χ2v) is 5.29. The lowest BCUT2D eigenvalue weighted by Gasteiger charge is -2.13. The average Bonchev–Trinajstić information content (AvgIpc) is 2.98. The Hall–Kier alpha value is -3.22. The Kier molecular flexibility index (Phi) is 4.22. The van der Waals surface area contributed by atoms with Crippen LogP contribution in [0.1, 0.15) is 5.56 Å². The summed E-state index contributed by atoms with van der Waals surface area (Å²) < 4.78 is 29.0. The number of benzene rings is 2. The lowest BCUT2D eigenvalue weighted by Crippen LogP contribution is -2.20. The van der Waals surface area contributed by atoms with Gasteiger partial charge in [-0.15, -0.1) is 0 Å². The van der Waals surface area contributed by atoms with E-state index >= 15 is 0 Å². The fraction of sp³-hybridized carbons (Fsp3) is 0.111. The van der Waals surface area contributed by atoms with Crippen LogP contribution in [0.3, 0.4) is 0 Å². The average molecular weight is 344 g/mol. The van der Waals surface area contributed by atoms with Gasteiger partial charge in [-0.05, 0) is 18.2 Å². The van der Waals surface area contributed by atoms with E-state index in [1.165, 1.54) is 22.9 Å². The Morgan fingerprint density at radius 2 is 2.00 bits per heavy atom. The molecule has 3 aromatic rings. The third kappa shape index (κ3) is 3.21. The van der Waals surface area contributed by atoms with Gasteiger partial charge in [0.2, 0.25) is 6.61 Å². The van der Waals surface area contributed by atoms with Crippen molar-refractivity contribution < 1.29 is 23.5 Å². The van der Waals surface area contributed by atoms with Crippen LogP contribution in [-0.2, 0) is 10.7 Å². The second-order valence-electron chi connectivity index (χ2n) is 5.29. The van der Waals surface area contributed by atoms with E-state index in [-0.39, 0.29) is 11.1 Å². The van der Waals surface area contributed by atoms with Gasteiger partial charge in [0, 0.05) is 11.1 Å². The molecule has 0 saturated carbocycles. The number of carboxylic acid groups (broad SMARTS) is 1. The van der Waals surface area contributed by atoms with Crippen LogP contribution < -0.4 is 4.84 Å². The number of allylic oxidation sites excluding steroid dienone is 1. The minimum absolute atomic E-state index is 0.249. The number of rotatable bonds is 6. The molecule has 0 radical (unpaired) electrons. The highest BCUT2D eigenvalue weighted by atomic mass is 19.3. The summed E-state index contributed by atoms with van der Waals surface area (Å²) in [5.74, 6) is -4.08. The molecule has 0 aliphatic rings. The number of carbonyl (C=O) groups is 1. The first kappa shape index (κ1) is 16.6. The normalized spacial score (nSPS) is 11.4. The standard InChI is InChI=1S/C18H14F2N2O3/c1-2-18(19,20)13-8-9-14-15(10-13)22(25-11-16(23)24)17(21-14)12-6-4-3-5-7-12/h2-10H,1,11H2,(H,23,24). The van der Waals surface area contributed by atoms with E-state index in [1.54, 1.807) is 24.3 Å².